The zero-order chi connectivity index (χ0) is 21.4. The van der Waals surface area contributed by atoms with Crippen molar-refractivity contribution in [2.24, 2.45) is 13.0 Å². The lowest BCUT2D eigenvalue weighted by atomic mass is 10.0. The highest BCUT2D eigenvalue weighted by Gasteiger charge is 2.29. The molecule has 0 bridgehead atoms. The van der Waals surface area contributed by atoms with E-state index < -0.39 is 5.97 Å². The van der Waals surface area contributed by atoms with Crippen molar-refractivity contribution in [3.05, 3.63) is 52.1 Å². The topological polar surface area (TPSA) is 76.5 Å². The van der Waals surface area contributed by atoms with E-state index in [0.29, 0.717) is 33.4 Å². The third-order valence-corrected chi connectivity index (χ3v) is 5.42. The summed E-state index contributed by atoms with van der Waals surface area (Å²) < 4.78 is 1.48. The summed E-state index contributed by atoms with van der Waals surface area (Å²) in [5.74, 6) is -0.502. The second-order valence-corrected chi connectivity index (χ2v) is 8.19. The molecule has 30 heavy (non-hydrogen) atoms. The van der Waals surface area contributed by atoms with E-state index in [9.17, 15) is 9.59 Å². The van der Waals surface area contributed by atoms with E-state index in [4.69, 9.17) is 28.0 Å². The van der Waals surface area contributed by atoms with Crippen molar-refractivity contribution in [2.75, 3.05) is 6.54 Å². The van der Waals surface area contributed by atoms with Crippen molar-refractivity contribution < 1.29 is 14.4 Å². The molecule has 1 aromatic heterocycles. The fourth-order valence-corrected chi connectivity index (χ4v) is 3.85. The molecule has 0 saturated heterocycles. The van der Waals surface area contributed by atoms with Gasteiger partial charge in [-0.05, 0) is 36.1 Å². The molecule has 4 rings (SSSR count). The molecule has 1 amide bonds. The van der Waals surface area contributed by atoms with Crippen LogP contribution in [0.4, 0.5) is 0 Å². The van der Waals surface area contributed by atoms with Crippen molar-refractivity contribution in [3.63, 3.8) is 0 Å². The van der Waals surface area contributed by atoms with Crippen LogP contribution < -0.4 is 5.43 Å². The van der Waals surface area contributed by atoms with E-state index in [1.807, 2.05) is 18.2 Å². The van der Waals surface area contributed by atoms with E-state index in [2.05, 4.69) is 10.5 Å². The quantitative estimate of drug-likeness (QED) is 0.568. The van der Waals surface area contributed by atoms with Crippen LogP contribution in [0.5, 0.6) is 0 Å². The van der Waals surface area contributed by atoms with Crippen LogP contribution in [0.1, 0.15) is 30.3 Å². The maximum Gasteiger partial charge on any atom is 0.377 e. The van der Waals surface area contributed by atoms with Crippen molar-refractivity contribution in [1.29, 1.82) is 0 Å². The van der Waals surface area contributed by atoms with Crippen molar-refractivity contribution >= 4 is 46.0 Å². The standard InChI is InChI=1S/C21H20Cl2N4O3/c1-12(28)24-27(11-13-6-7-13)30-21(29)20-17-5-3-4-16(19(17)25-26(20)2)15-9-8-14(22)10-18(15)23/h3-5,8-10,13H,6-7,11H2,1-2H3,(H,24,28). The molecule has 0 unspecified atom stereocenters. The summed E-state index contributed by atoms with van der Waals surface area (Å²) in [5.41, 5.74) is 4.99. The van der Waals surface area contributed by atoms with Gasteiger partial charge in [-0.1, -0.05) is 47.5 Å². The van der Waals surface area contributed by atoms with Crippen LogP contribution in [-0.4, -0.2) is 33.4 Å². The van der Waals surface area contributed by atoms with Crippen LogP contribution in [0.25, 0.3) is 22.0 Å². The number of amides is 1. The predicted octanol–water partition coefficient (Wildman–Crippen LogP) is 4.38. The Morgan fingerprint density at radius 1 is 1.23 bits per heavy atom. The molecule has 1 fully saturated rings. The predicted molar refractivity (Wildman–Crippen MR) is 115 cm³/mol. The first kappa shape index (κ1) is 20.7. The van der Waals surface area contributed by atoms with Crippen LogP contribution in [-0.2, 0) is 16.7 Å². The average molecular weight is 447 g/mol. The molecule has 1 N–H and O–H groups in total. The lowest BCUT2D eigenvalue weighted by Crippen LogP contribution is -2.43. The molecule has 2 aromatic carbocycles. The molecule has 1 heterocycles. The third-order valence-electron chi connectivity index (χ3n) is 4.88. The highest BCUT2D eigenvalue weighted by molar-refractivity contribution is 6.36. The Hall–Kier alpha value is -2.61. The molecule has 0 aliphatic heterocycles. The van der Waals surface area contributed by atoms with Gasteiger partial charge in [-0.15, -0.1) is 0 Å². The van der Waals surface area contributed by atoms with E-state index >= 15 is 0 Å². The second kappa shape index (κ2) is 8.26. The third kappa shape index (κ3) is 4.28. The first-order chi connectivity index (χ1) is 14.3. The van der Waals surface area contributed by atoms with Gasteiger partial charge in [0.1, 0.15) is 5.52 Å². The largest absolute Gasteiger partial charge is 0.377 e. The van der Waals surface area contributed by atoms with Gasteiger partial charge in [0.25, 0.3) is 0 Å². The zero-order valence-electron chi connectivity index (χ0n) is 16.5. The number of hydrazine groups is 1. The average Bonchev–Trinajstić information content (AvgIpc) is 3.40. The summed E-state index contributed by atoms with van der Waals surface area (Å²) in [6.07, 6.45) is 2.10. The SMILES string of the molecule is CC(=O)NN(CC1CC1)OC(=O)c1c2cccc(-c3ccc(Cl)cc3Cl)c2nn1C. The van der Waals surface area contributed by atoms with Gasteiger partial charge in [-0.25, -0.2) is 4.79 Å². The molecule has 1 aliphatic rings. The van der Waals surface area contributed by atoms with Gasteiger partial charge >= 0.3 is 5.97 Å². The van der Waals surface area contributed by atoms with E-state index in [0.717, 1.165) is 24.0 Å². The van der Waals surface area contributed by atoms with Crippen LogP contribution in [0, 0.1) is 5.92 Å². The van der Waals surface area contributed by atoms with Gasteiger partial charge in [0.15, 0.2) is 5.69 Å². The maximum absolute atomic E-state index is 13.0. The number of carbonyl (C=O) groups is 2. The Bertz CT molecular complexity index is 1140. The van der Waals surface area contributed by atoms with Crippen LogP contribution >= 0.6 is 23.2 Å². The van der Waals surface area contributed by atoms with E-state index in [1.165, 1.54) is 16.8 Å². The minimum atomic E-state index is -0.603. The number of fused-ring (bicyclic) bond motifs is 1. The molecule has 1 saturated carbocycles. The summed E-state index contributed by atoms with van der Waals surface area (Å²) >= 11 is 12.4. The molecule has 0 radical (unpaired) electrons. The highest BCUT2D eigenvalue weighted by atomic mass is 35.5. The number of aryl methyl sites for hydroxylation is 1. The van der Waals surface area contributed by atoms with Gasteiger partial charge in [-0.3, -0.25) is 14.9 Å². The summed E-state index contributed by atoms with van der Waals surface area (Å²) in [6, 6.07) is 10.8. The number of hydrogen-bond acceptors (Lipinski definition) is 5. The minimum Gasteiger partial charge on any atom is -0.342 e. The van der Waals surface area contributed by atoms with Gasteiger partial charge in [-0.2, -0.15) is 5.10 Å². The number of carbonyl (C=O) groups excluding carboxylic acids is 2. The first-order valence-electron chi connectivity index (χ1n) is 9.51. The number of hydroxylamine groups is 1. The molecule has 0 spiro atoms. The molecule has 1 aliphatic carbocycles. The Balaban J connectivity index is 1.70. The first-order valence-corrected chi connectivity index (χ1v) is 10.3. The van der Waals surface area contributed by atoms with E-state index in [-0.39, 0.29) is 11.6 Å². The maximum atomic E-state index is 13.0. The van der Waals surface area contributed by atoms with Gasteiger partial charge in [0.2, 0.25) is 5.91 Å². The Morgan fingerprint density at radius 2 is 2.00 bits per heavy atom. The molecule has 0 atom stereocenters. The molecule has 156 valence electrons. The Morgan fingerprint density at radius 3 is 2.67 bits per heavy atom. The minimum absolute atomic E-state index is 0.281. The molecule has 9 heteroatoms. The second-order valence-electron chi connectivity index (χ2n) is 7.35. The van der Waals surface area contributed by atoms with Crippen LogP contribution in [0.3, 0.4) is 0 Å². The van der Waals surface area contributed by atoms with Crippen molar-refractivity contribution in [1.82, 2.24) is 20.4 Å². The summed E-state index contributed by atoms with van der Waals surface area (Å²) in [4.78, 5) is 29.9. The van der Waals surface area contributed by atoms with Crippen LogP contribution in [0.15, 0.2) is 36.4 Å². The number of benzene rings is 2. The number of aromatic nitrogens is 2. The van der Waals surface area contributed by atoms with Gasteiger partial charge in [0, 0.05) is 40.5 Å². The number of nitrogens with zero attached hydrogens (tertiary/aromatic N) is 3. The summed E-state index contributed by atoms with van der Waals surface area (Å²) in [5, 5.41) is 7.40. The smallest absolute Gasteiger partial charge is 0.342 e. The lowest BCUT2D eigenvalue weighted by molar-refractivity contribution is -0.164. The van der Waals surface area contributed by atoms with Gasteiger partial charge < -0.3 is 4.84 Å². The molecule has 3 aromatic rings. The number of rotatable bonds is 6. The highest BCUT2D eigenvalue weighted by Crippen LogP contribution is 2.35. The molecule has 7 nitrogen and oxygen atoms in total. The fraction of sp³-hybridized carbons (Fsp3) is 0.286. The van der Waals surface area contributed by atoms with Crippen molar-refractivity contribution in [3.8, 4) is 11.1 Å². The Kier molecular flexibility index (Phi) is 5.69. The summed E-state index contributed by atoms with van der Waals surface area (Å²) in [7, 11) is 1.67. The number of hydrogen-bond donors (Lipinski definition) is 1. The monoisotopic (exact) mass is 446 g/mol. The van der Waals surface area contributed by atoms with Crippen molar-refractivity contribution in [2.45, 2.75) is 19.8 Å². The number of halogens is 2. The van der Waals surface area contributed by atoms with E-state index in [1.54, 1.807) is 25.2 Å². The summed E-state index contributed by atoms with van der Waals surface area (Å²) in [6.45, 7) is 1.82. The molecular weight excluding hydrogens is 427 g/mol. The normalized spacial score (nSPS) is 13.6. The lowest BCUT2D eigenvalue weighted by Gasteiger charge is -2.20. The number of nitrogens with one attached hydrogen (secondary N) is 1. The fourth-order valence-electron chi connectivity index (χ4n) is 3.34. The zero-order valence-corrected chi connectivity index (χ0v) is 18.0. The Labute approximate surface area is 183 Å². The molecular formula is C21H20Cl2N4O3. The van der Waals surface area contributed by atoms with Gasteiger partial charge in [0.05, 0.1) is 6.54 Å². The van der Waals surface area contributed by atoms with Crippen LogP contribution in [0.2, 0.25) is 10.0 Å².